The summed E-state index contributed by atoms with van der Waals surface area (Å²) in [5, 5.41) is 3.27. The van der Waals surface area contributed by atoms with Crippen LogP contribution in [0.25, 0.3) is 0 Å². The van der Waals surface area contributed by atoms with Crippen molar-refractivity contribution in [2.75, 3.05) is 13.1 Å². The highest BCUT2D eigenvalue weighted by molar-refractivity contribution is 6.25. The molecular weight excluding hydrogens is 210 g/mol. The third kappa shape index (κ3) is 2.74. The maximum Gasteiger partial charge on any atom is 0.123 e. The normalized spacial score (nSPS) is 19.1. The van der Waals surface area contributed by atoms with Crippen molar-refractivity contribution in [2.24, 2.45) is 0 Å². The Kier molecular flexibility index (Phi) is 3.64. The molecule has 1 N–H and O–H groups in total. The first-order chi connectivity index (χ1) is 7.40. The molecule has 1 aromatic carbocycles. The van der Waals surface area contributed by atoms with Gasteiger partial charge in [-0.2, -0.15) is 0 Å². The van der Waals surface area contributed by atoms with Crippen molar-refractivity contribution in [3.8, 4) is 5.75 Å². The predicted molar refractivity (Wildman–Crippen MR) is 62.4 cm³/mol. The molecule has 0 radical (unpaired) electrons. The van der Waals surface area contributed by atoms with Crippen molar-refractivity contribution in [1.29, 1.82) is 0 Å². The molecule has 0 fully saturated rings. The number of nitrogens with one attached hydrogen (secondary N) is 1. The van der Waals surface area contributed by atoms with Crippen molar-refractivity contribution in [1.82, 2.24) is 5.32 Å². The number of hydrogen-bond donors (Lipinski definition) is 1. The van der Waals surface area contributed by atoms with Crippen molar-refractivity contribution in [3.63, 3.8) is 0 Å². The van der Waals surface area contributed by atoms with Crippen molar-refractivity contribution in [3.05, 3.63) is 41.4 Å². The highest BCUT2D eigenvalue weighted by atomic mass is 35.5. The average Bonchev–Trinajstić information content (AvgIpc) is 2.67. The molecule has 15 heavy (non-hydrogen) atoms. The summed E-state index contributed by atoms with van der Waals surface area (Å²) in [4.78, 5) is 0. The van der Waals surface area contributed by atoms with Gasteiger partial charge in [-0.15, -0.1) is 0 Å². The molecule has 1 aliphatic rings. The second-order valence-corrected chi connectivity index (χ2v) is 3.82. The number of para-hydroxylation sites is 1. The first kappa shape index (κ1) is 10.5. The summed E-state index contributed by atoms with van der Waals surface area (Å²) in [5.74, 6) is 1.03. The first-order valence-corrected chi connectivity index (χ1v) is 5.54. The summed E-state index contributed by atoms with van der Waals surface area (Å²) >= 11 is 5.42. The SMILES string of the molecule is Cl/C=C/CNCC1Cc2ccccc2O1. The molecule has 2 nitrogen and oxygen atoms in total. The highest BCUT2D eigenvalue weighted by Crippen LogP contribution is 2.27. The van der Waals surface area contributed by atoms with Gasteiger partial charge in [0.15, 0.2) is 0 Å². The third-order valence-corrected chi connectivity index (χ3v) is 2.62. The van der Waals surface area contributed by atoms with E-state index in [1.54, 1.807) is 0 Å². The lowest BCUT2D eigenvalue weighted by Gasteiger charge is -2.10. The molecule has 1 aromatic rings. The van der Waals surface area contributed by atoms with E-state index in [0.29, 0.717) is 0 Å². The zero-order valence-corrected chi connectivity index (χ0v) is 9.20. The quantitative estimate of drug-likeness (QED) is 0.792. The number of ether oxygens (including phenoxy) is 1. The molecule has 0 aromatic heterocycles. The first-order valence-electron chi connectivity index (χ1n) is 5.10. The monoisotopic (exact) mass is 223 g/mol. The lowest BCUT2D eigenvalue weighted by Crippen LogP contribution is -2.30. The van der Waals surface area contributed by atoms with E-state index in [4.69, 9.17) is 16.3 Å². The molecule has 0 saturated carbocycles. The fourth-order valence-corrected chi connectivity index (χ4v) is 1.83. The molecule has 2 rings (SSSR count). The Morgan fingerprint density at radius 2 is 2.33 bits per heavy atom. The summed E-state index contributed by atoms with van der Waals surface area (Å²) in [6, 6.07) is 8.20. The fraction of sp³-hybridized carbons (Fsp3) is 0.333. The predicted octanol–water partition coefficient (Wildman–Crippen LogP) is 2.33. The Morgan fingerprint density at radius 3 is 3.13 bits per heavy atom. The minimum Gasteiger partial charge on any atom is -0.488 e. The second-order valence-electron chi connectivity index (χ2n) is 3.57. The summed E-state index contributed by atoms with van der Waals surface area (Å²) in [5.41, 5.74) is 2.83. The standard InChI is InChI=1S/C12H14ClNO/c13-6-3-7-14-9-11-8-10-4-1-2-5-12(10)15-11/h1-6,11,14H,7-9H2/b6-3+. The van der Waals surface area contributed by atoms with E-state index in [1.165, 1.54) is 11.1 Å². The van der Waals surface area contributed by atoms with Crippen LogP contribution < -0.4 is 10.1 Å². The number of rotatable bonds is 4. The molecule has 0 bridgehead atoms. The van der Waals surface area contributed by atoms with Gasteiger partial charge in [-0.1, -0.05) is 35.9 Å². The summed E-state index contributed by atoms with van der Waals surface area (Å²) in [6.07, 6.45) is 3.13. The molecule has 0 amide bonds. The van der Waals surface area contributed by atoms with Crippen LogP contribution >= 0.6 is 11.6 Å². The van der Waals surface area contributed by atoms with Gasteiger partial charge in [0, 0.05) is 25.0 Å². The lowest BCUT2D eigenvalue weighted by molar-refractivity contribution is 0.229. The minimum absolute atomic E-state index is 0.256. The number of benzene rings is 1. The van der Waals surface area contributed by atoms with Crippen molar-refractivity contribution < 1.29 is 4.74 Å². The van der Waals surface area contributed by atoms with Gasteiger partial charge in [0.25, 0.3) is 0 Å². The molecule has 1 aliphatic heterocycles. The van der Waals surface area contributed by atoms with Crippen LogP contribution in [0.15, 0.2) is 35.9 Å². The van der Waals surface area contributed by atoms with Crippen LogP contribution in [-0.2, 0) is 6.42 Å². The van der Waals surface area contributed by atoms with E-state index in [9.17, 15) is 0 Å². The Balaban J connectivity index is 1.80. The van der Waals surface area contributed by atoms with E-state index < -0.39 is 0 Å². The zero-order chi connectivity index (χ0) is 10.5. The molecule has 1 unspecified atom stereocenters. The lowest BCUT2D eigenvalue weighted by atomic mass is 10.1. The smallest absolute Gasteiger partial charge is 0.123 e. The Morgan fingerprint density at radius 1 is 1.47 bits per heavy atom. The van der Waals surface area contributed by atoms with Gasteiger partial charge in [0.1, 0.15) is 11.9 Å². The number of hydrogen-bond acceptors (Lipinski definition) is 2. The van der Waals surface area contributed by atoms with Gasteiger partial charge < -0.3 is 10.1 Å². The molecule has 3 heteroatoms. The van der Waals surface area contributed by atoms with E-state index in [2.05, 4.69) is 11.4 Å². The molecule has 80 valence electrons. The van der Waals surface area contributed by atoms with Gasteiger partial charge >= 0.3 is 0 Å². The molecule has 1 atom stereocenters. The van der Waals surface area contributed by atoms with Crippen LogP contribution in [0.2, 0.25) is 0 Å². The third-order valence-electron chi connectivity index (χ3n) is 2.44. The van der Waals surface area contributed by atoms with Gasteiger partial charge in [-0.05, 0) is 11.6 Å². The van der Waals surface area contributed by atoms with E-state index in [1.807, 2.05) is 24.3 Å². The van der Waals surface area contributed by atoms with Crippen LogP contribution in [0.1, 0.15) is 5.56 Å². The van der Waals surface area contributed by atoms with Gasteiger partial charge in [0.05, 0.1) is 0 Å². The summed E-state index contributed by atoms with van der Waals surface area (Å²) < 4.78 is 5.77. The fourth-order valence-electron chi connectivity index (χ4n) is 1.74. The maximum absolute atomic E-state index is 5.77. The zero-order valence-electron chi connectivity index (χ0n) is 8.45. The van der Waals surface area contributed by atoms with Crippen LogP contribution in [0.5, 0.6) is 5.75 Å². The highest BCUT2D eigenvalue weighted by Gasteiger charge is 2.21. The second kappa shape index (κ2) is 5.19. The molecule has 0 aliphatic carbocycles. The number of fused-ring (bicyclic) bond motifs is 1. The average molecular weight is 224 g/mol. The topological polar surface area (TPSA) is 21.3 Å². The van der Waals surface area contributed by atoms with Gasteiger partial charge in [-0.3, -0.25) is 0 Å². The summed E-state index contributed by atoms with van der Waals surface area (Å²) in [6.45, 7) is 1.65. The van der Waals surface area contributed by atoms with E-state index >= 15 is 0 Å². The van der Waals surface area contributed by atoms with E-state index in [0.717, 1.165) is 25.3 Å². The number of halogens is 1. The Bertz CT molecular complexity index is 326. The van der Waals surface area contributed by atoms with Crippen LogP contribution in [0.4, 0.5) is 0 Å². The molecule has 0 spiro atoms. The van der Waals surface area contributed by atoms with Crippen LogP contribution in [-0.4, -0.2) is 19.2 Å². The molecular formula is C12H14ClNO. The van der Waals surface area contributed by atoms with Crippen LogP contribution in [0.3, 0.4) is 0 Å². The molecule has 0 saturated heterocycles. The van der Waals surface area contributed by atoms with Crippen molar-refractivity contribution in [2.45, 2.75) is 12.5 Å². The van der Waals surface area contributed by atoms with Gasteiger partial charge in [-0.25, -0.2) is 0 Å². The largest absolute Gasteiger partial charge is 0.488 e. The molecule has 1 heterocycles. The van der Waals surface area contributed by atoms with Crippen molar-refractivity contribution >= 4 is 11.6 Å². The minimum atomic E-state index is 0.256. The Labute approximate surface area is 94.9 Å². The van der Waals surface area contributed by atoms with Crippen LogP contribution in [0, 0.1) is 0 Å². The van der Waals surface area contributed by atoms with Gasteiger partial charge in [0.2, 0.25) is 0 Å². The Hall–Kier alpha value is -0.990. The maximum atomic E-state index is 5.77. The summed E-state index contributed by atoms with van der Waals surface area (Å²) in [7, 11) is 0. The van der Waals surface area contributed by atoms with E-state index in [-0.39, 0.29) is 6.10 Å².